The van der Waals surface area contributed by atoms with Crippen molar-refractivity contribution < 1.29 is 9.53 Å². The van der Waals surface area contributed by atoms with Crippen molar-refractivity contribution in [1.82, 2.24) is 0 Å². The number of allylic oxidation sites excluding steroid dienone is 1. The van der Waals surface area contributed by atoms with Gasteiger partial charge < -0.3 is 4.74 Å². The van der Waals surface area contributed by atoms with E-state index >= 15 is 0 Å². The van der Waals surface area contributed by atoms with Gasteiger partial charge in [-0.3, -0.25) is 4.99 Å². The highest BCUT2D eigenvalue weighted by Gasteiger charge is 2.25. The molecule has 0 aliphatic carbocycles. The number of carbonyl (C=O) groups is 1. The summed E-state index contributed by atoms with van der Waals surface area (Å²) in [6.45, 7) is 1.89. The molecule has 0 aromatic heterocycles. The molecule has 0 aromatic carbocycles. The summed E-state index contributed by atoms with van der Waals surface area (Å²) < 4.78 is 5.44. The summed E-state index contributed by atoms with van der Waals surface area (Å²) in [6.07, 6.45) is 1.62. The molecule has 0 fully saturated rings. The Labute approximate surface area is 73.3 Å². The smallest absolute Gasteiger partial charge is 0.353 e. The number of hydrogen-bond donors (Lipinski definition) is 0. The Balaban J connectivity index is 2.74. The van der Waals surface area contributed by atoms with Gasteiger partial charge in [0.1, 0.15) is 5.71 Å². The van der Waals surface area contributed by atoms with E-state index in [1.165, 1.54) is 7.11 Å². The minimum absolute atomic E-state index is 0.0300. The van der Waals surface area contributed by atoms with E-state index < -0.39 is 0 Å². The van der Waals surface area contributed by atoms with Crippen LogP contribution < -0.4 is 0 Å². The highest BCUT2D eigenvalue weighted by molar-refractivity contribution is 9.11. The fourth-order valence-electron chi connectivity index (χ4n) is 0.819. The van der Waals surface area contributed by atoms with Crippen LogP contribution in [0, 0.1) is 5.92 Å². The molecule has 0 unspecified atom stereocenters. The van der Waals surface area contributed by atoms with Crippen molar-refractivity contribution in [3.8, 4) is 0 Å². The van der Waals surface area contributed by atoms with Gasteiger partial charge in [0.05, 0.1) is 7.11 Å². The molecular weight excluding hydrogens is 210 g/mol. The number of ether oxygens (including phenoxy) is 1. The van der Waals surface area contributed by atoms with Gasteiger partial charge in [0.25, 0.3) is 0 Å². The zero-order valence-corrected chi connectivity index (χ0v) is 7.88. The SMILES string of the molecule is COC(=O)C1=NC=C(Br)[C@@H]1C. The fourth-order valence-corrected chi connectivity index (χ4v) is 1.14. The second-order valence-corrected chi connectivity index (χ2v) is 3.16. The van der Waals surface area contributed by atoms with E-state index in [9.17, 15) is 4.79 Å². The lowest BCUT2D eigenvalue weighted by atomic mass is 10.1. The van der Waals surface area contributed by atoms with Crippen LogP contribution in [0.25, 0.3) is 0 Å². The van der Waals surface area contributed by atoms with E-state index in [2.05, 4.69) is 25.7 Å². The van der Waals surface area contributed by atoms with Crippen molar-refractivity contribution in [3.05, 3.63) is 10.7 Å². The van der Waals surface area contributed by atoms with Crippen molar-refractivity contribution in [2.45, 2.75) is 6.92 Å². The van der Waals surface area contributed by atoms with Crippen LogP contribution in [-0.4, -0.2) is 18.8 Å². The Morgan fingerprint density at radius 2 is 2.45 bits per heavy atom. The number of rotatable bonds is 1. The zero-order chi connectivity index (χ0) is 8.43. The van der Waals surface area contributed by atoms with E-state index in [1.807, 2.05) is 6.92 Å². The van der Waals surface area contributed by atoms with E-state index in [0.29, 0.717) is 5.71 Å². The topological polar surface area (TPSA) is 38.7 Å². The molecule has 0 radical (unpaired) electrons. The fraction of sp³-hybridized carbons (Fsp3) is 0.429. The van der Waals surface area contributed by atoms with Gasteiger partial charge in [-0.05, 0) is 0 Å². The predicted octanol–water partition coefficient (Wildman–Crippen LogP) is 1.49. The maximum Gasteiger partial charge on any atom is 0.353 e. The van der Waals surface area contributed by atoms with Gasteiger partial charge in [-0.25, -0.2) is 4.79 Å². The van der Waals surface area contributed by atoms with Crippen molar-refractivity contribution >= 4 is 27.6 Å². The Hall–Kier alpha value is -0.640. The molecule has 0 aromatic rings. The van der Waals surface area contributed by atoms with Crippen LogP contribution >= 0.6 is 15.9 Å². The van der Waals surface area contributed by atoms with E-state index in [-0.39, 0.29) is 11.9 Å². The summed E-state index contributed by atoms with van der Waals surface area (Å²) in [5, 5.41) is 0. The van der Waals surface area contributed by atoms with Crippen LogP contribution in [0.1, 0.15) is 6.92 Å². The second kappa shape index (κ2) is 3.17. The zero-order valence-electron chi connectivity index (χ0n) is 6.30. The summed E-state index contributed by atoms with van der Waals surface area (Å²) in [5.74, 6) is -0.328. The summed E-state index contributed by atoms with van der Waals surface area (Å²) in [5.41, 5.74) is 0.458. The third-order valence-corrected chi connectivity index (χ3v) is 2.44. The molecule has 3 nitrogen and oxygen atoms in total. The van der Waals surface area contributed by atoms with Crippen molar-refractivity contribution in [2.75, 3.05) is 7.11 Å². The molecule has 1 atom stereocenters. The lowest BCUT2D eigenvalue weighted by molar-refractivity contribution is -0.132. The summed E-state index contributed by atoms with van der Waals surface area (Å²) >= 11 is 3.28. The first-order valence-corrected chi connectivity index (χ1v) is 3.97. The number of esters is 1. The van der Waals surface area contributed by atoms with Crippen molar-refractivity contribution in [3.63, 3.8) is 0 Å². The van der Waals surface area contributed by atoms with Gasteiger partial charge in [-0.2, -0.15) is 0 Å². The lowest BCUT2D eigenvalue weighted by Crippen LogP contribution is -2.20. The average molecular weight is 218 g/mol. The van der Waals surface area contributed by atoms with Gasteiger partial charge in [0.2, 0.25) is 0 Å². The second-order valence-electron chi connectivity index (χ2n) is 2.24. The maximum atomic E-state index is 11.0. The molecular formula is C7H8BrNO2. The average Bonchev–Trinajstić information content (AvgIpc) is 2.32. The highest BCUT2D eigenvalue weighted by Crippen LogP contribution is 2.24. The first kappa shape index (κ1) is 8.46. The molecule has 4 heteroatoms. The molecule has 1 aliphatic heterocycles. The highest BCUT2D eigenvalue weighted by atomic mass is 79.9. The van der Waals surface area contributed by atoms with Gasteiger partial charge in [-0.1, -0.05) is 22.9 Å². The Morgan fingerprint density at radius 1 is 1.82 bits per heavy atom. The molecule has 1 rings (SSSR count). The molecule has 0 amide bonds. The van der Waals surface area contributed by atoms with Crippen LogP contribution in [0.2, 0.25) is 0 Å². The minimum Gasteiger partial charge on any atom is -0.465 e. The molecule has 1 aliphatic rings. The van der Waals surface area contributed by atoms with Crippen LogP contribution in [0.15, 0.2) is 15.7 Å². The normalized spacial score (nSPS) is 22.6. The standard InChI is InChI=1S/C7H8BrNO2/c1-4-5(8)3-9-6(4)7(10)11-2/h3-4H,1-2H3/t4-/m0/s1. The number of methoxy groups -OCH3 is 1. The number of aliphatic imine (C=N–C) groups is 1. The molecule has 0 saturated carbocycles. The van der Waals surface area contributed by atoms with Gasteiger partial charge in [0, 0.05) is 16.6 Å². The third kappa shape index (κ3) is 1.50. The lowest BCUT2D eigenvalue weighted by Gasteiger charge is -2.04. The number of halogens is 1. The first-order chi connectivity index (χ1) is 5.16. The van der Waals surface area contributed by atoms with Crippen LogP contribution in [-0.2, 0) is 9.53 Å². The molecule has 60 valence electrons. The quantitative estimate of drug-likeness (QED) is 0.625. The summed E-state index contributed by atoms with van der Waals surface area (Å²) in [6, 6.07) is 0. The third-order valence-electron chi connectivity index (χ3n) is 1.55. The van der Waals surface area contributed by atoms with Crippen LogP contribution in [0.5, 0.6) is 0 Å². The molecule has 0 N–H and O–H groups in total. The van der Waals surface area contributed by atoms with Gasteiger partial charge >= 0.3 is 5.97 Å². The van der Waals surface area contributed by atoms with Crippen molar-refractivity contribution in [1.29, 1.82) is 0 Å². The Bertz CT molecular complexity index is 245. The molecule has 0 saturated heterocycles. The van der Waals surface area contributed by atoms with Gasteiger partial charge in [-0.15, -0.1) is 0 Å². The van der Waals surface area contributed by atoms with E-state index in [0.717, 1.165) is 4.48 Å². The maximum absolute atomic E-state index is 11.0. The largest absolute Gasteiger partial charge is 0.465 e. The van der Waals surface area contributed by atoms with E-state index in [4.69, 9.17) is 0 Å². The number of carbonyl (C=O) groups excluding carboxylic acids is 1. The number of hydrogen-bond acceptors (Lipinski definition) is 3. The van der Waals surface area contributed by atoms with Crippen LogP contribution in [0.3, 0.4) is 0 Å². The Kier molecular flexibility index (Phi) is 2.44. The molecule has 0 bridgehead atoms. The monoisotopic (exact) mass is 217 g/mol. The summed E-state index contributed by atoms with van der Waals surface area (Å²) in [4.78, 5) is 14.9. The summed E-state index contributed by atoms with van der Waals surface area (Å²) in [7, 11) is 1.35. The molecule has 1 heterocycles. The van der Waals surface area contributed by atoms with Gasteiger partial charge in [0.15, 0.2) is 0 Å². The minimum atomic E-state index is -0.358. The van der Waals surface area contributed by atoms with Crippen LogP contribution in [0.4, 0.5) is 0 Å². The predicted molar refractivity (Wildman–Crippen MR) is 45.6 cm³/mol. The number of nitrogens with zero attached hydrogens (tertiary/aromatic N) is 1. The molecule has 11 heavy (non-hydrogen) atoms. The molecule has 0 spiro atoms. The van der Waals surface area contributed by atoms with E-state index in [1.54, 1.807) is 6.20 Å². The van der Waals surface area contributed by atoms with Crippen molar-refractivity contribution in [2.24, 2.45) is 10.9 Å². The Morgan fingerprint density at radius 3 is 2.82 bits per heavy atom. The first-order valence-electron chi connectivity index (χ1n) is 3.18.